The van der Waals surface area contributed by atoms with Gasteiger partial charge in [-0.25, -0.2) is 9.59 Å². The lowest BCUT2D eigenvalue weighted by Crippen LogP contribution is -2.36. The zero-order chi connectivity index (χ0) is 21.3. The van der Waals surface area contributed by atoms with E-state index in [1.54, 1.807) is 54.6 Å². The second-order valence-electron chi connectivity index (χ2n) is 6.39. The lowest BCUT2D eigenvalue weighted by atomic mass is 9.91. The van der Waals surface area contributed by atoms with Crippen LogP contribution in [-0.4, -0.2) is 38.0 Å². The smallest absolute Gasteiger partial charge is 0.377 e. The number of nitrogens with zero attached hydrogens (tertiary/aromatic N) is 1. The number of rotatable bonds is 3. The third-order valence-electron chi connectivity index (χ3n) is 4.66. The molecular weight excluding hydrogens is 390 g/mol. The van der Waals surface area contributed by atoms with Gasteiger partial charge in [-0.05, 0) is 24.3 Å². The number of ether oxygens (including phenoxy) is 3. The molecule has 0 bridgehead atoms. The minimum Gasteiger partial charge on any atom is -0.480 e. The number of carbonyl (C=O) groups excluding carboxylic acids is 3. The number of fused-ring (bicyclic) bond motifs is 2. The Balaban J connectivity index is 1.97. The number of methoxy groups -OCH3 is 2. The van der Waals surface area contributed by atoms with Crippen LogP contribution in [0.2, 0.25) is 0 Å². The maximum Gasteiger partial charge on any atom is 0.377 e. The molecule has 8 nitrogen and oxygen atoms in total. The molecule has 2 aromatic carbocycles. The molecule has 2 heterocycles. The summed E-state index contributed by atoms with van der Waals surface area (Å²) in [6, 6.07) is 15.4. The first-order valence-corrected chi connectivity index (χ1v) is 9.00. The second-order valence-corrected chi connectivity index (χ2v) is 6.39. The number of hydrogen-bond donors (Lipinski definition) is 0. The molecular formula is C22H17NO7. The van der Waals surface area contributed by atoms with Gasteiger partial charge in [-0.2, -0.15) is 5.06 Å². The van der Waals surface area contributed by atoms with E-state index in [-0.39, 0.29) is 22.7 Å². The minimum absolute atomic E-state index is 0.108. The Labute approximate surface area is 171 Å². The Hall–Kier alpha value is -4.07. The predicted molar refractivity (Wildman–Crippen MR) is 104 cm³/mol. The average Bonchev–Trinajstić information content (AvgIpc) is 2.96. The minimum atomic E-state index is -1.22. The number of esters is 2. The van der Waals surface area contributed by atoms with Gasteiger partial charge in [0.25, 0.3) is 5.76 Å². The first-order valence-electron chi connectivity index (χ1n) is 9.00. The molecule has 0 aliphatic carbocycles. The third-order valence-corrected chi connectivity index (χ3v) is 4.66. The van der Waals surface area contributed by atoms with Gasteiger partial charge in [0.05, 0.1) is 37.2 Å². The van der Waals surface area contributed by atoms with Crippen LogP contribution in [0.4, 0.5) is 5.69 Å². The van der Waals surface area contributed by atoms with E-state index in [2.05, 4.69) is 0 Å². The highest BCUT2D eigenvalue weighted by Crippen LogP contribution is 2.38. The SMILES string of the molecule is COC(=O)C1=C(C(=O)OC)C2Oc3ccccc3C(=O)C2=CN(c2ccccc2)O1. The molecule has 1 atom stereocenters. The Kier molecular flexibility index (Phi) is 4.97. The largest absolute Gasteiger partial charge is 0.480 e. The monoisotopic (exact) mass is 407 g/mol. The third kappa shape index (κ3) is 3.18. The molecule has 0 saturated heterocycles. The van der Waals surface area contributed by atoms with E-state index in [0.717, 1.165) is 14.2 Å². The lowest BCUT2D eigenvalue weighted by molar-refractivity contribution is -0.143. The molecule has 0 N–H and O–H groups in total. The van der Waals surface area contributed by atoms with E-state index in [1.165, 1.54) is 11.3 Å². The molecule has 2 aliphatic rings. The summed E-state index contributed by atoms with van der Waals surface area (Å²) in [6.45, 7) is 0. The molecule has 4 rings (SSSR count). The van der Waals surface area contributed by atoms with Gasteiger partial charge in [0.1, 0.15) is 11.3 Å². The standard InChI is InChI=1S/C22H17NO7/c1-27-21(25)17-19-15(18(24)14-10-6-7-11-16(14)29-19)12-23(13-8-4-3-5-9-13)30-20(17)22(26)28-2/h3-12,19H,1-2H3. The van der Waals surface area contributed by atoms with Gasteiger partial charge in [0, 0.05) is 0 Å². The number of hydrogen-bond acceptors (Lipinski definition) is 8. The number of carbonyl (C=O) groups is 3. The van der Waals surface area contributed by atoms with Crippen LogP contribution in [-0.2, 0) is 23.9 Å². The van der Waals surface area contributed by atoms with Crippen molar-refractivity contribution in [2.75, 3.05) is 19.3 Å². The van der Waals surface area contributed by atoms with Crippen molar-refractivity contribution in [3.8, 4) is 5.75 Å². The van der Waals surface area contributed by atoms with E-state index in [0.29, 0.717) is 11.3 Å². The second kappa shape index (κ2) is 7.75. The summed E-state index contributed by atoms with van der Waals surface area (Å²) in [6.07, 6.45) is 0.180. The fourth-order valence-corrected chi connectivity index (χ4v) is 3.23. The Morgan fingerprint density at radius 3 is 2.30 bits per heavy atom. The van der Waals surface area contributed by atoms with Crippen LogP contribution in [0.25, 0.3) is 0 Å². The molecule has 0 spiro atoms. The van der Waals surface area contributed by atoms with Crippen molar-refractivity contribution in [1.29, 1.82) is 0 Å². The summed E-state index contributed by atoms with van der Waals surface area (Å²) >= 11 is 0. The molecule has 152 valence electrons. The van der Waals surface area contributed by atoms with Gasteiger partial charge in [0.2, 0.25) is 0 Å². The van der Waals surface area contributed by atoms with Gasteiger partial charge in [-0.3, -0.25) is 4.79 Å². The average molecular weight is 407 g/mol. The summed E-state index contributed by atoms with van der Waals surface area (Å²) in [4.78, 5) is 44.2. The lowest BCUT2D eigenvalue weighted by Gasteiger charge is -2.27. The van der Waals surface area contributed by atoms with Crippen molar-refractivity contribution in [3.05, 3.63) is 83.3 Å². The zero-order valence-corrected chi connectivity index (χ0v) is 16.2. The molecule has 0 amide bonds. The van der Waals surface area contributed by atoms with Crippen molar-refractivity contribution in [2.24, 2.45) is 0 Å². The van der Waals surface area contributed by atoms with Gasteiger partial charge >= 0.3 is 11.9 Å². The molecule has 8 heteroatoms. The highest BCUT2D eigenvalue weighted by atomic mass is 16.7. The number of para-hydroxylation sites is 2. The van der Waals surface area contributed by atoms with Crippen LogP contribution < -0.4 is 9.80 Å². The molecule has 0 saturated carbocycles. The Bertz CT molecular complexity index is 1090. The first kappa shape index (κ1) is 19.3. The maximum absolute atomic E-state index is 13.3. The van der Waals surface area contributed by atoms with Crippen molar-refractivity contribution in [3.63, 3.8) is 0 Å². The highest BCUT2D eigenvalue weighted by molar-refractivity contribution is 6.14. The van der Waals surface area contributed by atoms with Crippen LogP contribution in [0, 0.1) is 0 Å². The maximum atomic E-state index is 13.3. The number of Topliss-reactive ketones (excluding diaryl/α,β-unsaturated/α-hetero) is 1. The number of anilines is 1. The van der Waals surface area contributed by atoms with Crippen LogP contribution in [0.15, 0.2) is 77.7 Å². The molecule has 30 heavy (non-hydrogen) atoms. The summed E-state index contributed by atoms with van der Waals surface area (Å²) in [7, 11) is 2.31. The molecule has 2 aliphatic heterocycles. The van der Waals surface area contributed by atoms with Gasteiger partial charge in [0.15, 0.2) is 11.9 Å². The molecule has 0 radical (unpaired) electrons. The van der Waals surface area contributed by atoms with Crippen molar-refractivity contribution in [2.45, 2.75) is 6.10 Å². The van der Waals surface area contributed by atoms with Crippen molar-refractivity contribution < 1.29 is 33.4 Å². The fourth-order valence-electron chi connectivity index (χ4n) is 3.23. The van der Waals surface area contributed by atoms with E-state index in [9.17, 15) is 14.4 Å². The van der Waals surface area contributed by atoms with Crippen LogP contribution in [0.5, 0.6) is 5.75 Å². The summed E-state index contributed by atoms with van der Waals surface area (Å²) in [5.41, 5.74) is 0.690. The summed E-state index contributed by atoms with van der Waals surface area (Å²) in [5.74, 6) is -2.31. The van der Waals surface area contributed by atoms with Gasteiger partial charge in [-0.1, -0.05) is 30.3 Å². The van der Waals surface area contributed by atoms with Gasteiger partial charge in [-0.15, -0.1) is 0 Å². The molecule has 2 aromatic rings. The fraction of sp³-hybridized carbons (Fsp3) is 0.136. The highest BCUT2D eigenvalue weighted by Gasteiger charge is 2.44. The first-order chi connectivity index (χ1) is 14.5. The quantitative estimate of drug-likeness (QED) is 0.717. The Morgan fingerprint density at radius 2 is 1.60 bits per heavy atom. The van der Waals surface area contributed by atoms with E-state index in [4.69, 9.17) is 19.0 Å². The van der Waals surface area contributed by atoms with Crippen LogP contribution >= 0.6 is 0 Å². The zero-order valence-electron chi connectivity index (χ0n) is 16.2. The van der Waals surface area contributed by atoms with Crippen molar-refractivity contribution in [1.82, 2.24) is 0 Å². The molecule has 0 fully saturated rings. The normalized spacial score (nSPS) is 17.5. The number of benzene rings is 2. The van der Waals surface area contributed by atoms with E-state index in [1.807, 2.05) is 0 Å². The summed E-state index contributed by atoms with van der Waals surface area (Å²) in [5, 5.41) is 1.22. The summed E-state index contributed by atoms with van der Waals surface area (Å²) < 4.78 is 15.6. The van der Waals surface area contributed by atoms with Gasteiger partial charge < -0.3 is 19.0 Å². The molecule has 1 unspecified atom stereocenters. The van der Waals surface area contributed by atoms with E-state index >= 15 is 0 Å². The predicted octanol–water partition coefficient (Wildman–Crippen LogP) is 2.57. The number of hydroxylamine groups is 1. The van der Waals surface area contributed by atoms with Crippen LogP contribution in [0.3, 0.4) is 0 Å². The van der Waals surface area contributed by atoms with Crippen LogP contribution in [0.1, 0.15) is 10.4 Å². The van der Waals surface area contributed by atoms with E-state index < -0.39 is 23.8 Å². The molecule has 0 aromatic heterocycles. The number of ketones is 1. The van der Waals surface area contributed by atoms with Crippen molar-refractivity contribution >= 4 is 23.4 Å². The Morgan fingerprint density at radius 1 is 0.933 bits per heavy atom. The topological polar surface area (TPSA) is 91.4 Å².